The summed E-state index contributed by atoms with van der Waals surface area (Å²) in [6.07, 6.45) is 0.491. The highest BCUT2D eigenvalue weighted by atomic mass is 16.5. The maximum atomic E-state index is 11.2. The number of Topliss-reactive ketones (excluding diaryl/α,β-unsaturated/α-hetero) is 1. The Morgan fingerprint density at radius 1 is 1.54 bits per heavy atom. The molecule has 1 aliphatic rings. The Hall–Kier alpha value is -1.12. The van der Waals surface area contributed by atoms with Gasteiger partial charge in [-0.2, -0.15) is 0 Å². The highest BCUT2D eigenvalue weighted by molar-refractivity contribution is 5.98. The molecule has 0 aliphatic heterocycles. The van der Waals surface area contributed by atoms with Crippen LogP contribution in [0, 0.1) is 5.92 Å². The molecule has 0 N–H and O–H groups in total. The first-order valence-corrected chi connectivity index (χ1v) is 4.36. The van der Waals surface area contributed by atoms with Gasteiger partial charge in [0.15, 0.2) is 5.78 Å². The molecule has 72 valence electrons. The molecule has 0 aromatic heterocycles. The third-order valence-corrected chi connectivity index (χ3v) is 2.54. The lowest BCUT2D eigenvalue weighted by molar-refractivity contribution is -0.142. The van der Waals surface area contributed by atoms with Crippen molar-refractivity contribution in [3.63, 3.8) is 0 Å². The summed E-state index contributed by atoms with van der Waals surface area (Å²) in [4.78, 5) is 21.8. The van der Waals surface area contributed by atoms with Crippen molar-refractivity contribution in [1.82, 2.24) is 0 Å². The second-order valence-corrected chi connectivity index (χ2v) is 3.43. The van der Waals surface area contributed by atoms with Crippen LogP contribution >= 0.6 is 0 Å². The van der Waals surface area contributed by atoms with Crippen molar-refractivity contribution in [3.05, 3.63) is 11.1 Å². The lowest BCUT2D eigenvalue weighted by Crippen LogP contribution is -2.11. The first-order chi connectivity index (χ1) is 6.02. The van der Waals surface area contributed by atoms with E-state index in [0.29, 0.717) is 13.0 Å². The minimum absolute atomic E-state index is 0.108. The van der Waals surface area contributed by atoms with Crippen molar-refractivity contribution in [2.45, 2.75) is 27.2 Å². The summed E-state index contributed by atoms with van der Waals surface area (Å²) < 4.78 is 4.87. The summed E-state index contributed by atoms with van der Waals surface area (Å²) >= 11 is 0. The van der Waals surface area contributed by atoms with Gasteiger partial charge in [-0.1, -0.05) is 5.57 Å². The molecule has 0 saturated carbocycles. The zero-order valence-electron chi connectivity index (χ0n) is 8.22. The molecule has 1 aliphatic carbocycles. The number of carbonyl (C=O) groups is 2. The fourth-order valence-corrected chi connectivity index (χ4v) is 1.46. The molecule has 0 aromatic carbocycles. The number of ketones is 1. The van der Waals surface area contributed by atoms with Gasteiger partial charge in [0.05, 0.1) is 6.61 Å². The topological polar surface area (TPSA) is 43.4 Å². The molecule has 3 nitrogen and oxygen atoms in total. The predicted octanol–water partition coefficient (Wildman–Crippen LogP) is 1.47. The van der Waals surface area contributed by atoms with Crippen molar-refractivity contribution in [2.75, 3.05) is 6.61 Å². The van der Waals surface area contributed by atoms with Crippen LogP contribution in [0.4, 0.5) is 0 Å². The van der Waals surface area contributed by atoms with Gasteiger partial charge in [-0.25, -0.2) is 0 Å². The molecule has 0 fully saturated rings. The molecule has 0 heterocycles. The fraction of sp³-hybridized carbons (Fsp3) is 0.600. The van der Waals surface area contributed by atoms with Crippen molar-refractivity contribution in [2.24, 2.45) is 5.92 Å². The molecule has 0 amide bonds. The van der Waals surface area contributed by atoms with Crippen molar-refractivity contribution >= 4 is 11.8 Å². The fourth-order valence-electron chi connectivity index (χ4n) is 1.46. The zero-order valence-corrected chi connectivity index (χ0v) is 8.22. The summed E-state index contributed by atoms with van der Waals surface area (Å²) in [5.74, 6) is -0.00384. The largest absolute Gasteiger partial charge is 0.465 e. The summed E-state index contributed by atoms with van der Waals surface area (Å²) in [5.41, 5.74) is 1.89. The normalized spacial score (nSPS) is 22.4. The minimum Gasteiger partial charge on any atom is -0.465 e. The first-order valence-electron chi connectivity index (χ1n) is 4.36. The second kappa shape index (κ2) is 3.73. The van der Waals surface area contributed by atoms with Crippen LogP contribution < -0.4 is 0 Å². The van der Waals surface area contributed by atoms with Gasteiger partial charge in [-0.15, -0.1) is 0 Å². The third kappa shape index (κ3) is 2.17. The monoisotopic (exact) mass is 182 g/mol. The molecule has 0 radical (unpaired) electrons. The van der Waals surface area contributed by atoms with Gasteiger partial charge in [0, 0.05) is 19.3 Å². The van der Waals surface area contributed by atoms with Crippen LogP contribution in [0.15, 0.2) is 11.1 Å². The summed E-state index contributed by atoms with van der Waals surface area (Å²) in [5, 5.41) is 0. The molecule has 0 saturated heterocycles. The molecule has 13 heavy (non-hydrogen) atoms. The molecule has 3 heteroatoms. The third-order valence-electron chi connectivity index (χ3n) is 2.54. The number of carbonyl (C=O) groups excluding carboxylic acids is 2. The highest BCUT2D eigenvalue weighted by Crippen LogP contribution is 2.28. The second-order valence-electron chi connectivity index (χ2n) is 3.43. The van der Waals surface area contributed by atoms with Crippen LogP contribution in [0.3, 0.4) is 0 Å². The van der Waals surface area contributed by atoms with Gasteiger partial charge in [0.1, 0.15) is 0 Å². The standard InChI is InChI=1S/C10H14O3/c1-6-7(2)10(12)4-9(6)5-13-8(3)11/h9H,4-5H2,1-3H3. The maximum Gasteiger partial charge on any atom is 0.302 e. The van der Waals surface area contributed by atoms with Crippen LogP contribution in [0.5, 0.6) is 0 Å². The van der Waals surface area contributed by atoms with E-state index in [1.54, 1.807) is 0 Å². The molecule has 0 aromatic rings. The summed E-state index contributed by atoms with van der Waals surface area (Å²) in [6.45, 7) is 5.47. The Labute approximate surface area is 77.8 Å². The molecule has 1 atom stereocenters. The Balaban J connectivity index is 2.56. The lowest BCUT2D eigenvalue weighted by atomic mass is 10.0. The van der Waals surface area contributed by atoms with Gasteiger partial charge in [-0.3, -0.25) is 9.59 Å². The molecular formula is C10H14O3. The van der Waals surface area contributed by atoms with E-state index in [9.17, 15) is 9.59 Å². The van der Waals surface area contributed by atoms with Gasteiger partial charge >= 0.3 is 5.97 Å². The van der Waals surface area contributed by atoms with E-state index in [1.807, 2.05) is 13.8 Å². The van der Waals surface area contributed by atoms with E-state index in [1.165, 1.54) is 6.92 Å². The van der Waals surface area contributed by atoms with Crippen LogP contribution in [0.25, 0.3) is 0 Å². The quantitative estimate of drug-likeness (QED) is 0.607. The van der Waals surface area contributed by atoms with E-state index >= 15 is 0 Å². The number of allylic oxidation sites excluding steroid dienone is 1. The summed E-state index contributed by atoms with van der Waals surface area (Å²) in [6, 6.07) is 0. The SMILES string of the molecule is CC(=O)OCC1CC(=O)C(C)=C1C. The van der Waals surface area contributed by atoms with Crippen LogP contribution in [-0.2, 0) is 14.3 Å². The van der Waals surface area contributed by atoms with Crippen molar-refractivity contribution < 1.29 is 14.3 Å². The number of esters is 1. The zero-order chi connectivity index (χ0) is 10.0. The number of hydrogen-bond donors (Lipinski definition) is 0. The van der Waals surface area contributed by atoms with Crippen molar-refractivity contribution in [3.8, 4) is 0 Å². The minimum atomic E-state index is -0.287. The van der Waals surface area contributed by atoms with E-state index in [-0.39, 0.29) is 17.7 Å². The maximum absolute atomic E-state index is 11.2. The Kier molecular flexibility index (Phi) is 2.86. The van der Waals surface area contributed by atoms with Crippen LogP contribution in [0.1, 0.15) is 27.2 Å². The van der Waals surface area contributed by atoms with E-state index < -0.39 is 0 Å². The average molecular weight is 182 g/mol. The van der Waals surface area contributed by atoms with Gasteiger partial charge in [0.2, 0.25) is 0 Å². The predicted molar refractivity (Wildman–Crippen MR) is 48.1 cm³/mol. The number of ether oxygens (including phenoxy) is 1. The summed E-state index contributed by atoms with van der Waals surface area (Å²) in [7, 11) is 0. The molecule has 1 unspecified atom stereocenters. The Bertz CT molecular complexity index is 276. The molecule has 0 bridgehead atoms. The number of hydrogen-bond acceptors (Lipinski definition) is 3. The Morgan fingerprint density at radius 3 is 2.54 bits per heavy atom. The molecule has 1 rings (SSSR count). The lowest BCUT2D eigenvalue weighted by Gasteiger charge is -2.10. The van der Waals surface area contributed by atoms with Crippen molar-refractivity contribution in [1.29, 1.82) is 0 Å². The first kappa shape index (κ1) is 9.96. The number of rotatable bonds is 2. The van der Waals surface area contributed by atoms with Crippen LogP contribution in [-0.4, -0.2) is 18.4 Å². The van der Waals surface area contributed by atoms with Gasteiger partial charge < -0.3 is 4.74 Å². The Morgan fingerprint density at radius 2 is 2.15 bits per heavy atom. The van der Waals surface area contributed by atoms with Gasteiger partial charge in [-0.05, 0) is 19.4 Å². The average Bonchev–Trinajstić information content (AvgIpc) is 2.29. The smallest absolute Gasteiger partial charge is 0.302 e. The molecular weight excluding hydrogens is 168 g/mol. The highest BCUT2D eigenvalue weighted by Gasteiger charge is 2.27. The van der Waals surface area contributed by atoms with E-state index in [2.05, 4.69) is 0 Å². The van der Waals surface area contributed by atoms with Gasteiger partial charge in [0.25, 0.3) is 0 Å². The molecule has 0 spiro atoms. The van der Waals surface area contributed by atoms with Crippen LogP contribution in [0.2, 0.25) is 0 Å². The van der Waals surface area contributed by atoms with E-state index in [0.717, 1.165) is 11.1 Å². The van der Waals surface area contributed by atoms with E-state index in [4.69, 9.17) is 4.74 Å².